The molecular weight excluding hydrogens is 420 g/mol. The Hall–Kier alpha value is -3.90. The molecule has 33 heavy (non-hydrogen) atoms. The van der Waals surface area contributed by atoms with Crippen LogP contribution in [0.2, 0.25) is 0 Å². The Morgan fingerprint density at radius 1 is 1.24 bits per heavy atom. The molecule has 1 aliphatic rings. The van der Waals surface area contributed by atoms with Crippen LogP contribution in [-0.2, 0) is 4.74 Å². The fraction of sp³-hybridized carbons (Fsp3) is 0.333. The van der Waals surface area contributed by atoms with E-state index in [0.29, 0.717) is 66.0 Å². The first-order valence-corrected chi connectivity index (χ1v) is 10.7. The second kappa shape index (κ2) is 9.30. The molecule has 2 aromatic carbocycles. The van der Waals surface area contributed by atoms with Crippen molar-refractivity contribution in [2.75, 3.05) is 44.5 Å². The van der Waals surface area contributed by atoms with E-state index in [1.54, 1.807) is 36.1 Å². The van der Waals surface area contributed by atoms with Crippen LogP contribution < -0.4 is 15.8 Å². The van der Waals surface area contributed by atoms with Crippen molar-refractivity contribution in [2.45, 2.75) is 19.9 Å². The van der Waals surface area contributed by atoms with Crippen molar-refractivity contribution in [1.82, 2.24) is 14.9 Å². The van der Waals surface area contributed by atoms with Crippen molar-refractivity contribution in [2.24, 2.45) is 0 Å². The Labute approximate surface area is 192 Å². The Morgan fingerprint density at radius 2 is 2.00 bits per heavy atom. The first-order valence-electron chi connectivity index (χ1n) is 10.7. The molecule has 170 valence electrons. The van der Waals surface area contributed by atoms with Gasteiger partial charge in [0, 0.05) is 24.2 Å². The van der Waals surface area contributed by atoms with Gasteiger partial charge in [-0.1, -0.05) is 0 Å². The third-order valence-electron chi connectivity index (χ3n) is 5.62. The van der Waals surface area contributed by atoms with E-state index < -0.39 is 0 Å². The van der Waals surface area contributed by atoms with Gasteiger partial charge < -0.3 is 25.4 Å². The number of nitrogens with two attached hydrogens (primary N) is 1. The zero-order valence-electron chi connectivity index (χ0n) is 18.9. The normalized spacial score (nSPS) is 14.5. The molecule has 0 radical (unpaired) electrons. The summed E-state index contributed by atoms with van der Waals surface area (Å²) >= 11 is 0. The summed E-state index contributed by atoms with van der Waals surface area (Å²) in [4.78, 5) is 24.0. The number of nitrogens with one attached hydrogen (secondary N) is 1. The molecule has 2 heterocycles. The van der Waals surface area contributed by atoms with Crippen LogP contribution in [0.3, 0.4) is 0 Å². The highest BCUT2D eigenvalue weighted by Gasteiger charge is 2.24. The Morgan fingerprint density at radius 3 is 2.70 bits per heavy atom. The molecule has 9 heteroatoms. The number of benzene rings is 2. The molecule has 1 fully saturated rings. The van der Waals surface area contributed by atoms with Crippen molar-refractivity contribution in [3.05, 3.63) is 52.8 Å². The Kier molecular flexibility index (Phi) is 6.29. The van der Waals surface area contributed by atoms with Gasteiger partial charge in [0.15, 0.2) is 0 Å². The number of amides is 1. The van der Waals surface area contributed by atoms with Crippen LogP contribution >= 0.6 is 0 Å². The van der Waals surface area contributed by atoms with E-state index in [4.69, 9.17) is 15.2 Å². The molecule has 1 aliphatic heterocycles. The first-order chi connectivity index (χ1) is 15.9. The van der Waals surface area contributed by atoms with Crippen molar-refractivity contribution >= 4 is 28.3 Å². The fourth-order valence-electron chi connectivity index (χ4n) is 3.93. The van der Waals surface area contributed by atoms with Gasteiger partial charge in [-0.3, -0.25) is 4.79 Å². The van der Waals surface area contributed by atoms with E-state index in [-0.39, 0.29) is 11.9 Å². The lowest BCUT2D eigenvalue weighted by atomic mass is 10.0. The van der Waals surface area contributed by atoms with E-state index in [9.17, 15) is 10.1 Å². The Balaban J connectivity index is 1.73. The van der Waals surface area contributed by atoms with E-state index >= 15 is 0 Å². The molecule has 1 aromatic heterocycles. The molecule has 3 aromatic rings. The maximum Gasteiger partial charge on any atom is 0.257 e. The summed E-state index contributed by atoms with van der Waals surface area (Å²) in [6.45, 7) is 5.89. The number of rotatable bonds is 5. The van der Waals surface area contributed by atoms with Crippen LogP contribution in [0, 0.1) is 18.3 Å². The standard InChI is InChI=1S/C24H26N6O3/c1-14(17-8-16(13-25)9-18(26)10-17)27-23-19-12-22(32-3)20(11-21(19)28-15(2)29-23)24(31)30-4-6-33-7-5-30/h8-12,14H,4-7,26H2,1-3H3,(H,27,28,29)/t14-/m1/s1. The maximum absolute atomic E-state index is 13.1. The van der Waals surface area contributed by atoms with Crippen molar-refractivity contribution in [3.63, 3.8) is 0 Å². The largest absolute Gasteiger partial charge is 0.496 e. The SMILES string of the molecule is COc1cc2c(N[C@H](C)c3cc(N)cc(C#N)c3)nc(C)nc2cc1C(=O)N1CCOCC1. The number of carbonyl (C=O) groups excluding carboxylic acids is 1. The molecule has 3 N–H and O–H groups in total. The quantitative estimate of drug-likeness (QED) is 0.573. The highest BCUT2D eigenvalue weighted by atomic mass is 16.5. The van der Waals surface area contributed by atoms with E-state index in [1.165, 1.54) is 7.11 Å². The molecule has 9 nitrogen and oxygen atoms in total. The topological polar surface area (TPSA) is 126 Å². The minimum atomic E-state index is -0.182. The monoisotopic (exact) mass is 446 g/mol. The summed E-state index contributed by atoms with van der Waals surface area (Å²) in [6, 6.07) is 10.8. The molecule has 0 bridgehead atoms. The molecule has 1 amide bonds. The van der Waals surface area contributed by atoms with Crippen LogP contribution in [0.1, 0.15) is 40.3 Å². The van der Waals surface area contributed by atoms with Crippen LogP contribution in [-0.4, -0.2) is 54.2 Å². The fourth-order valence-corrected chi connectivity index (χ4v) is 3.93. The number of carbonyl (C=O) groups is 1. The van der Waals surface area contributed by atoms with Crippen LogP contribution in [0.4, 0.5) is 11.5 Å². The molecule has 0 unspecified atom stereocenters. The average molecular weight is 447 g/mol. The summed E-state index contributed by atoms with van der Waals surface area (Å²) in [5.41, 5.74) is 8.94. The summed E-state index contributed by atoms with van der Waals surface area (Å²) in [5, 5.41) is 13.4. The number of methoxy groups -OCH3 is 1. The number of anilines is 2. The van der Waals surface area contributed by atoms with Crippen molar-refractivity contribution < 1.29 is 14.3 Å². The summed E-state index contributed by atoms with van der Waals surface area (Å²) in [7, 11) is 1.54. The number of nitrogen functional groups attached to an aromatic ring is 1. The van der Waals surface area contributed by atoms with Gasteiger partial charge in [0.2, 0.25) is 0 Å². The highest BCUT2D eigenvalue weighted by molar-refractivity contribution is 6.02. The lowest BCUT2D eigenvalue weighted by Crippen LogP contribution is -2.40. The minimum absolute atomic E-state index is 0.111. The molecule has 1 atom stereocenters. The smallest absolute Gasteiger partial charge is 0.257 e. The molecule has 0 spiro atoms. The maximum atomic E-state index is 13.1. The number of hydrogen-bond acceptors (Lipinski definition) is 8. The van der Waals surface area contributed by atoms with Gasteiger partial charge in [-0.25, -0.2) is 9.97 Å². The number of hydrogen-bond donors (Lipinski definition) is 2. The van der Waals surface area contributed by atoms with Gasteiger partial charge >= 0.3 is 0 Å². The summed E-state index contributed by atoms with van der Waals surface area (Å²) in [5.74, 6) is 1.52. The van der Waals surface area contributed by atoms with Crippen molar-refractivity contribution in [1.29, 1.82) is 5.26 Å². The number of aromatic nitrogens is 2. The summed E-state index contributed by atoms with van der Waals surface area (Å²) in [6.07, 6.45) is 0. The summed E-state index contributed by atoms with van der Waals surface area (Å²) < 4.78 is 10.9. The number of fused-ring (bicyclic) bond motifs is 1. The molecule has 1 saturated heterocycles. The number of morpholine rings is 1. The third kappa shape index (κ3) is 4.66. The first kappa shape index (κ1) is 22.3. The molecule has 0 saturated carbocycles. The zero-order valence-corrected chi connectivity index (χ0v) is 18.9. The third-order valence-corrected chi connectivity index (χ3v) is 5.62. The molecule has 0 aliphatic carbocycles. The lowest BCUT2D eigenvalue weighted by molar-refractivity contribution is 0.0301. The van der Waals surface area contributed by atoms with Crippen LogP contribution in [0.25, 0.3) is 10.9 Å². The van der Waals surface area contributed by atoms with E-state index in [2.05, 4.69) is 21.4 Å². The second-order valence-corrected chi connectivity index (χ2v) is 7.96. The number of ether oxygens (including phenoxy) is 2. The predicted molar refractivity (Wildman–Crippen MR) is 125 cm³/mol. The van der Waals surface area contributed by atoms with Gasteiger partial charge in [0.1, 0.15) is 17.4 Å². The van der Waals surface area contributed by atoms with Crippen LogP contribution in [0.5, 0.6) is 5.75 Å². The van der Waals surface area contributed by atoms with E-state index in [1.807, 2.05) is 13.0 Å². The lowest BCUT2D eigenvalue weighted by Gasteiger charge is -2.27. The van der Waals surface area contributed by atoms with Gasteiger partial charge in [-0.15, -0.1) is 0 Å². The molecular formula is C24H26N6O3. The molecule has 4 rings (SSSR count). The van der Waals surface area contributed by atoms with Crippen LogP contribution in [0.15, 0.2) is 30.3 Å². The minimum Gasteiger partial charge on any atom is -0.496 e. The number of nitrogens with zero attached hydrogens (tertiary/aromatic N) is 4. The van der Waals surface area contributed by atoms with Gasteiger partial charge in [0.05, 0.1) is 49.1 Å². The second-order valence-electron chi connectivity index (χ2n) is 7.96. The van der Waals surface area contributed by atoms with Gasteiger partial charge in [0.25, 0.3) is 5.91 Å². The highest BCUT2D eigenvalue weighted by Crippen LogP contribution is 2.32. The van der Waals surface area contributed by atoms with Crippen molar-refractivity contribution in [3.8, 4) is 11.8 Å². The Bertz CT molecular complexity index is 1250. The average Bonchev–Trinajstić information content (AvgIpc) is 2.82. The van der Waals surface area contributed by atoms with E-state index in [0.717, 1.165) is 10.9 Å². The van der Waals surface area contributed by atoms with Gasteiger partial charge in [-0.05, 0) is 49.7 Å². The number of aryl methyl sites for hydroxylation is 1. The number of nitriles is 1. The predicted octanol–water partition coefficient (Wildman–Crippen LogP) is 3.05. The van der Waals surface area contributed by atoms with Gasteiger partial charge in [-0.2, -0.15) is 5.26 Å². The zero-order chi connectivity index (χ0) is 23.5.